The Hall–Kier alpha value is -0.790. The Morgan fingerprint density at radius 1 is 0.950 bits per heavy atom. The Kier molecular flexibility index (Phi) is 6.12. The van der Waals surface area contributed by atoms with Crippen molar-refractivity contribution in [3.05, 3.63) is 69.7 Å². The van der Waals surface area contributed by atoms with Crippen LogP contribution in [0, 0.1) is 5.92 Å². The van der Waals surface area contributed by atoms with Gasteiger partial charge in [-0.05, 0) is 47.9 Å². The fourth-order valence-corrected chi connectivity index (χ4v) is 3.07. The molecule has 0 saturated heterocycles. The summed E-state index contributed by atoms with van der Waals surface area (Å²) in [6.07, 6.45) is 3.14. The average Bonchev–Trinajstić information content (AvgIpc) is 2.49. The van der Waals surface area contributed by atoms with Gasteiger partial charge in [-0.25, -0.2) is 0 Å². The lowest BCUT2D eigenvalue weighted by atomic mass is 9.93. The minimum absolute atomic E-state index is 0.475. The van der Waals surface area contributed by atoms with Gasteiger partial charge in [0.2, 0.25) is 0 Å². The molecule has 0 amide bonds. The first-order chi connectivity index (χ1) is 9.72. The normalized spacial score (nSPS) is 12.3. The van der Waals surface area contributed by atoms with Gasteiger partial charge in [-0.3, -0.25) is 0 Å². The second kappa shape index (κ2) is 7.85. The van der Waals surface area contributed by atoms with Gasteiger partial charge in [0.25, 0.3) is 0 Å². The molecular weight excluding hydrogens is 332 g/mol. The van der Waals surface area contributed by atoms with Crippen molar-refractivity contribution in [2.45, 2.75) is 26.2 Å². The second-order valence-electron chi connectivity index (χ2n) is 5.19. The Morgan fingerprint density at radius 2 is 1.60 bits per heavy atom. The van der Waals surface area contributed by atoms with Crippen molar-refractivity contribution in [2.75, 3.05) is 5.88 Å². The van der Waals surface area contributed by atoms with Crippen molar-refractivity contribution >= 4 is 27.5 Å². The maximum Gasteiger partial charge on any atom is 0.0258 e. The molecule has 0 aliphatic rings. The van der Waals surface area contributed by atoms with E-state index in [2.05, 4.69) is 65.3 Å². The summed E-state index contributed by atoms with van der Waals surface area (Å²) >= 11 is 9.78. The van der Waals surface area contributed by atoms with Crippen LogP contribution in [0.2, 0.25) is 0 Å². The first kappa shape index (κ1) is 15.6. The molecule has 0 fully saturated rings. The van der Waals surface area contributed by atoms with Crippen LogP contribution in [0.4, 0.5) is 0 Å². The van der Waals surface area contributed by atoms with Crippen LogP contribution in [-0.2, 0) is 19.3 Å². The molecule has 0 aromatic heterocycles. The zero-order valence-corrected chi connectivity index (χ0v) is 14.1. The monoisotopic (exact) mass is 350 g/mol. The van der Waals surface area contributed by atoms with E-state index < -0.39 is 0 Å². The van der Waals surface area contributed by atoms with E-state index in [9.17, 15) is 0 Å². The molecule has 0 bridgehead atoms. The van der Waals surface area contributed by atoms with Gasteiger partial charge in [0.15, 0.2) is 0 Å². The molecule has 0 heterocycles. The summed E-state index contributed by atoms with van der Waals surface area (Å²) in [5.41, 5.74) is 4.10. The minimum atomic E-state index is 0.475. The number of halogens is 2. The van der Waals surface area contributed by atoms with Crippen molar-refractivity contribution in [1.82, 2.24) is 0 Å². The van der Waals surface area contributed by atoms with Crippen molar-refractivity contribution in [1.29, 1.82) is 0 Å². The lowest BCUT2D eigenvalue weighted by molar-refractivity contribution is 0.582. The smallest absolute Gasteiger partial charge is 0.0258 e. The molecule has 2 heteroatoms. The Labute approximate surface area is 135 Å². The van der Waals surface area contributed by atoms with Crippen LogP contribution in [0.5, 0.6) is 0 Å². The van der Waals surface area contributed by atoms with Gasteiger partial charge in [0.1, 0.15) is 0 Å². The van der Waals surface area contributed by atoms with E-state index in [1.54, 1.807) is 0 Å². The van der Waals surface area contributed by atoms with Crippen molar-refractivity contribution in [2.24, 2.45) is 5.92 Å². The third-order valence-electron chi connectivity index (χ3n) is 3.64. The summed E-state index contributed by atoms with van der Waals surface area (Å²) in [6.45, 7) is 2.18. The van der Waals surface area contributed by atoms with E-state index in [0.717, 1.165) is 19.3 Å². The van der Waals surface area contributed by atoms with Gasteiger partial charge in [-0.2, -0.15) is 0 Å². The third kappa shape index (κ3) is 4.36. The quantitative estimate of drug-likeness (QED) is 0.590. The van der Waals surface area contributed by atoms with Crippen molar-refractivity contribution in [3.8, 4) is 0 Å². The summed E-state index contributed by atoms with van der Waals surface area (Å²) in [5, 5.41) is 0. The van der Waals surface area contributed by atoms with Crippen LogP contribution in [0.3, 0.4) is 0 Å². The van der Waals surface area contributed by atoms with Gasteiger partial charge in [0.05, 0.1) is 0 Å². The summed E-state index contributed by atoms with van der Waals surface area (Å²) < 4.78 is 1.18. The molecule has 1 atom stereocenters. The standard InChI is InChI=1S/C18H20BrCl/c1-2-14-7-9-15(10-8-14)11-16(13-20)12-17-5-3-4-6-18(17)19/h3-10,16H,2,11-13H2,1H3. The van der Waals surface area contributed by atoms with Gasteiger partial charge >= 0.3 is 0 Å². The molecule has 0 spiro atoms. The first-order valence-electron chi connectivity index (χ1n) is 7.10. The van der Waals surface area contributed by atoms with Crippen LogP contribution in [0.15, 0.2) is 53.0 Å². The molecule has 0 aliphatic heterocycles. The molecular formula is C18H20BrCl. The summed E-state index contributed by atoms with van der Waals surface area (Å²) in [6, 6.07) is 17.3. The van der Waals surface area contributed by atoms with Gasteiger partial charge in [-0.15, -0.1) is 11.6 Å². The van der Waals surface area contributed by atoms with Gasteiger partial charge in [0, 0.05) is 10.4 Å². The highest BCUT2D eigenvalue weighted by Crippen LogP contribution is 2.22. The van der Waals surface area contributed by atoms with Crippen LogP contribution in [-0.4, -0.2) is 5.88 Å². The Morgan fingerprint density at radius 3 is 2.20 bits per heavy atom. The Bertz CT molecular complexity index is 533. The Balaban J connectivity index is 2.03. The second-order valence-corrected chi connectivity index (χ2v) is 6.35. The fraction of sp³-hybridized carbons (Fsp3) is 0.333. The molecule has 106 valence electrons. The van der Waals surface area contributed by atoms with E-state index in [0.29, 0.717) is 11.8 Å². The number of alkyl halides is 1. The van der Waals surface area contributed by atoms with E-state index >= 15 is 0 Å². The highest BCUT2D eigenvalue weighted by atomic mass is 79.9. The average molecular weight is 352 g/mol. The number of rotatable bonds is 6. The fourth-order valence-electron chi connectivity index (χ4n) is 2.40. The maximum absolute atomic E-state index is 6.16. The van der Waals surface area contributed by atoms with Crippen LogP contribution >= 0.6 is 27.5 Å². The van der Waals surface area contributed by atoms with Crippen molar-refractivity contribution in [3.63, 3.8) is 0 Å². The SMILES string of the molecule is CCc1ccc(CC(CCl)Cc2ccccc2Br)cc1. The molecule has 0 saturated carbocycles. The topological polar surface area (TPSA) is 0 Å². The summed E-state index contributed by atoms with van der Waals surface area (Å²) in [4.78, 5) is 0. The van der Waals surface area contributed by atoms with E-state index in [-0.39, 0.29) is 0 Å². The molecule has 0 N–H and O–H groups in total. The lowest BCUT2D eigenvalue weighted by Gasteiger charge is -2.15. The summed E-state index contributed by atoms with van der Waals surface area (Å²) in [5.74, 6) is 1.17. The zero-order valence-electron chi connectivity index (χ0n) is 11.8. The maximum atomic E-state index is 6.16. The predicted octanol–water partition coefficient (Wildman–Crippen LogP) is 5.65. The molecule has 2 aromatic carbocycles. The zero-order chi connectivity index (χ0) is 14.4. The van der Waals surface area contributed by atoms with Crippen molar-refractivity contribution < 1.29 is 0 Å². The molecule has 2 rings (SSSR count). The lowest BCUT2D eigenvalue weighted by Crippen LogP contribution is -2.10. The largest absolute Gasteiger partial charge is 0.126 e. The van der Waals surface area contributed by atoms with E-state index in [1.165, 1.54) is 21.2 Å². The van der Waals surface area contributed by atoms with Gasteiger partial charge < -0.3 is 0 Å². The first-order valence-corrected chi connectivity index (χ1v) is 8.42. The molecule has 0 radical (unpaired) electrons. The molecule has 2 aromatic rings. The molecule has 1 unspecified atom stereocenters. The van der Waals surface area contributed by atoms with Crippen LogP contribution in [0.1, 0.15) is 23.6 Å². The number of aryl methyl sites for hydroxylation is 1. The summed E-state index contributed by atoms with van der Waals surface area (Å²) in [7, 11) is 0. The number of benzene rings is 2. The minimum Gasteiger partial charge on any atom is -0.126 e. The molecule has 20 heavy (non-hydrogen) atoms. The highest BCUT2D eigenvalue weighted by Gasteiger charge is 2.11. The van der Waals surface area contributed by atoms with Gasteiger partial charge in [-0.1, -0.05) is 65.3 Å². The third-order valence-corrected chi connectivity index (χ3v) is 4.85. The van der Waals surface area contributed by atoms with E-state index in [1.807, 2.05) is 6.07 Å². The highest BCUT2D eigenvalue weighted by molar-refractivity contribution is 9.10. The molecule has 0 aliphatic carbocycles. The number of hydrogen-bond donors (Lipinski definition) is 0. The van der Waals surface area contributed by atoms with Crippen LogP contribution < -0.4 is 0 Å². The van der Waals surface area contributed by atoms with E-state index in [4.69, 9.17) is 11.6 Å². The molecule has 0 nitrogen and oxygen atoms in total. The predicted molar refractivity (Wildman–Crippen MR) is 91.6 cm³/mol. The number of hydrogen-bond acceptors (Lipinski definition) is 0. The van der Waals surface area contributed by atoms with Crippen LogP contribution in [0.25, 0.3) is 0 Å².